The SMILES string of the molecule is O=C(NCCCN1CCOCC1)c1cccc(OC(F)F)c1. The molecular weight excluding hydrogens is 294 g/mol. The number of halogens is 2. The van der Waals surface area contributed by atoms with Crippen molar-refractivity contribution >= 4 is 5.91 Å². The molecule has 0 unspecified atom stereocenters. The van der Waals surface area contributed by atoms with Gasteiger partial charge in [0.2, 0.25) is 0 Å². The fourth-order valence-corrected chi connectivity index (χ4v) is 2.24. The molecule has 1 fully saturated rings. The summed E-state index contributed by atoms with van der Waals surface area (Å²) in [5.74, 6) is -0.308. The Hall–Kier alpha value is -1.73. The zero-order valence-electron chi connectivity index (χ0n) is 12.3. The number of hydrogen-bond acceptors (Lipinski definition) is 4. The molecule has 1 aliphatic rings. The Morgan fingerprint density at radius 3 is 2.86 bits per heavy atom. The van der Waals surface area contributed by atoms with Gasteiger partial charge in [0.25, 0.3) is 5.91 Å². The Bertz CT molecular complexity index is 480. The summed E-state index contributed by atoms with van der Waals surface area (Å²) < 4.78 is 33.8. The van der Waals surface area contributed by atoms with E-state index in [1.807, 2.05) is 0 Å². The molecule has 5 nitrogen and oxygen atoms in total. The molecule has 0 atom stereocenters. The molecule has 0 radical (unpaired) electrons. The van der Waals surface area contributed by atoms with Crippen LogP contribution in [-0.2, 0) is 4.74 Å². The summed E-state index contributed by atoms with van der Waals surface area (Å²) in [5.41, 5.74) is 0.310. The molecule has 1 saturated heterocycles. The minimum Gasteiger partial charge on any atom is -0.435 e. The Morgan fingerprint density at radius 2 is 2.14 bits per heavy atom. The highest BCUT2D eigenvalue weighted by Gasteiger charge is 2.11. The Balaban J connectivity index is 1.72. The molecule has 0 aliphatic carbocycles. The first-order valence-electron chi connectivity index (χ1n) is 7.28. The van der Waals surface area contributed by atoms with E-state index in [4.69, 9.17) is 4.74 Å². The quantitative estimate of drug-likeness (QED) is 0.779. The summed E-state index contributed by atoms with van der Waals surface area (Å²) in [6.07, 6.45) is 0.832. The van der Waals surface area contributed by atoms with E-state index in [0.29, 0.717) is 12.1 Å². The van der Waals surface area contributed by atoms with E-state index < -0.39 is 6.61 Å². The van der Waals surface area contributed by atoms with Crippen molar-refractivity contribution in [1.82, 2.24) is 10.2 Å². The highest BCUT2D eigenvalue weighted by Crippen LogP contribution is 2.15. The lowest BCUT2D eigenvalue weighted by atomic mass is 10.2. The Labute approximate surface area is 128 Å². The van der Waals surface area contributed by atoms with Crippen molar-refractivity contribution in [2.24, 2.45) is 0 Å². The largest absolute Gasteiger partial charge is 0.435 e. The number of nitrogens with zero attached hydrogens (tertiary/aromatic N) is 1. The van der Waals surface area contributed by atoms with Crippen LogP contribution in [0, 0.1) is 0 Å². The van der Waals surface area contributed by atoms with E-state index in [-0.39, 0.29) is 11.7 Å². The van der Waals surface area contributed by atoms with Crippen molar-refractivity contribution in [3.8, 4) is 5.75 Å². The van der Waals surface area contributed by atoms with Crippen LogP contribution in [0.3, 0.4) is 0 Å². The lowest BCUT2D eigenvalue weighted by Crippen LogP contribution is -2.38. The summed E-state index contributed by atoms with van der Waals surface area (Å²) in [5, 5.41) is 2.78. The minimum atomic E-state index is -2.90. The maximum Gasteiger partial charge on any atom is 0.387 e. The fraction of sp³-hybridized carbons (Fsp3) is 0.533. The third-order valence-corrected chi connectivity index (χ3v) is 3.36. The predicted octanol–water partition coefficient (Wildman–Crippen LogP) is 1.74. The van der Waals surface area contributed by atoms with E-state index in [2.05, 4.69) is 15.0 Å². The van der Waals surface area contributed by atoms with Crippen molar-refractivity contribution in [3.05, 3.63) is 29.8 Å². The molecule has 2 rings (SSSR count). The molecule has 0 aromatic heterocycles. The topological polar surface area (TPSA) is 50.8 Å². The second-order valence-electron chi connectivity index (χ2n) is 4.97. The van der Waals surface area contributed by atoms with Gasteiger partial charge in [-0.1, -0.05) is 6.07 Å². The van der Waals surface area contributed by atoms with Gasteiger partial charge in [0.1, 0.15) is 5.75 Å². The van der Waals surface area contributed by atoms with Crippen molar-refractivity contribution in [2.75, 3.05) is 39.4 Å². The first-order chi connectivity index (χ1) is 10.6. The lowest BCUT2D eigenvalue weighted by molar-refractivity contribution is -0.0498. The van der Waals surface area contributed by atoms with Gasteiger partial charge >= 0.3 is 6.61 Å². The van der Waals surface area contributed by atoms with E-state index in [9.17, 15) is 13.6 Å². The van der Waals surface area contributed by atoms with Gasteiger partial charge in [0, 0.05) is 25.2 Å². The highest BCUT2D eigenvalue weighted by molar-refractivity contribution is 5.94. The second-order valence-corrected chi connectivity index (χ2v) is 4.97. The third-order valence-electron chi connectivity index (χ3n) is 3.36. The molecule has 1 aliphatic heterocycles. The van der Waals surface area contributed by atoms with Gasteiger partial charge in [-0.3, -0.25) is 9.69 Å². The lowest BCUT2D eigenvalue weighted by Gasteiger charge is -2.26. The fourth-order valence-electron chi connectivity index (χ4n) is 2.24. The van der Waals surface area contributed by atoms with Crippen molar-refractivity contribution in [2.45, 2.75) is 13.0 Å². The van der Waals surface area contributed by atoms with Crippen molar-refractivity contribution < 1.29 is 23.0 Å². The number of benzene rings is 1. The Morgan fingerprint density at radius 1 is 1.36 bits per heavy atom. The average molecular weight is 314 g/mol. The van der Waals surface area contributed by atoms with E-state index >= 15 is 0 Å². The van der Waals surface area contributed by atoms with E-state index in [1.165, 1.54) is 18.2 Å². The molecular formula is C15H20F2N2O3. The van der Waals surface area contributed by atoms with Gasteiger partial charge in [-0.05, 0) is 31.2 Å². The monoisotopic (exact) mass is 314 g/mol. The molecule has 0 spiro atoms. The molecule has 7 heteroatoms. The van der Waals surface area contributed by atoms with Gasteiger partial charge < -0.3 is 14.8 Å². The Kier molecular flexibility index (Phi) is 6.54. The molecule has 0 bridgehead atoms. The minimum absolute atomic E-state index is 0.0176. The average Bonchev–Trinajstić information content (AvgIpc) is 2.52. The molecule has 1 heterocycles. The van der Waals surface area contributed by atoms with Gasteiger partial charge in [-0.15, -0.1) is 0 Å². The number of alkyl halides is 2. The molecule has 122 valence electrons. The number of nitrogens with one attached hydrogen (secondary N) is 1. The van der Waals surface area contributed by atoms with E-state index in [1.54, 1.807) is 6.07 Å². The number of carbonyl (C=O) groups excluding carboxylic acids is 1. The predicted molar refractivity (Wildman–Crippen MR) is 77.3 cm³/mol. The number of hydrogen-bond donors (Lipinski definition) is 1. The number of rotatable bonds is 7. The van der Waals surface area contributed by atoms with Crippen LogP contribution in [0.4, 0.5) is 8.78 Å². The molecule has 0 saturated carbocycles. The maximum atomic E-state index is 12.1. The van der Waals surface area contributed by atoms with Crippen LogP contribution in [-0.4, -0.2) is 56.8 Å². The summed E-state index contributed by atoms with van der Waals surface area (Å²) in [6.45, 7) is 1.88. The van der Waals surface area contributed by atoms with Crippen LogP contribution in [0.2, 0.25) is 0 Å². The molecule has 1 aromatic carbocycles. The van der Waals surface area contributed by atoms with Crippen LogP contribution < -0.4 is 10.1 Å². The van der Waals surface area contributed by atoms with Gasteiger partial charge in [-0.25, -0.2) is 0 Å². The van der Waals surface area contributed by atoms with Gasteiger partial charge in [-0.2, -0.15) is 8.78 Å². The first kappa shape index (κ1) is 16.6. The van der Waals surface area contributed by atoms with Crippen molar-refractivity contribution in [3.63, 3.8) is 0 Å². The highest BCUT2D eigenvalue weighted by atomic mass is 19.3. The normalized spacial score (nSPS) is 15.8. The standard InChI is InChI=1S/C15H20F2N2O3/c16-15(17)22-13-4-1-3-12(11-13)14(20)18-5-2-6-19-7-9-21-10-8-19/h1,3-4,11,15H,2,5-10H2,(H,18,20). The summed E-state index contributed by atoms with van der Waals surface area (Å²) in [7, 11) is 0. The summed E-state index contributed by atoms with van der Waals surface area (Å²) >= 11 is 0. The number of ether oxygens (including phenoxy) is 2. The second kappa shape index (κ2) is 8.65. The zero-order chi connectivity index (χ0) is 15.8. The summed E-state index contributed by atoms with van der Waals surface area (Å²) in [4.78, 5) is 14.2. The van der Waals surface area contributed by atoms with Crippen LogP contribution >= 0.6 is 0 Å². The van der Waals surface area contributed by atoms with Crippen LogP contribution in [0.25, 0.3) is 0 Å². The number of morpholine rings is 1. The van der Waals surface area contributed by atoms with Gasteiger partial charge in [0.05, 0.1) is 13.2 Å². The molecule has 1 aromatic rings. The summed E-state index contributed by atoms with van der Waals surface area (Å²) in [6, 6.07) is 5.78. The zero-order valence-corrected chi connectivity index (χ0v) is 12.3. The van der Waals surface area contributed by atoms with Gasteiger partial charge in [0.15, 0.2) is 0 Å². The van der Waals surface area contributed by atoms with Crippen LogP contribution in [0.5, 0.6) is 5.75 Å². The molecule has 22 heavy (non-hydrogen) atoms. The smallest absolute Gasteiger partial charge is 0.387 e. The number of carbonyl (C=O) groups is 1. The van der Waals surface area contributed by atoms with E-state index in [0.717, 1.165) is 39.3 Å². The van der Waals surface area contributed by atoms with Crippen LogP contribution in [0.15, 0.2) is 24.3 Å². The van der Waals surface area contributed by atoms with Crippen molar-refractivity contribution in [1.29, 1.82) is 0 Å². The first-order valence-corrected chi connectivity index (χ1v) is 7.28. The molecule has 1 N–H and O–H groups in total. The molecule has 1 amide bonds. The maximum absolute atomic E-state index is 12.1. The van der Waals surface area contributed by atoms with Crippen LogP contribution in [0.1, 0.15) is 16.8 Å². The third kappa shape index (κ3) is 5.57. The number of amides is 1.